The molecule has 6 aromatic carbocycles. The summed E-state index contributed by atoms with van der Waals surface area (Å²) in [5, 5.41) is 4.85. The van der Waals surface area contributed by atoms with E-state index in [1.54, 1.807) is 0 Å². The van der Waals surface area contributed by atoms with Gasteiger partial charge < -0.3 is 9.32 Å². The van der Waals surface area contributed by atoms with E-state index in [2.05, 4.69) is 132 Å². The summed E-state index contributed by atoms with van der Waals surface area (Å²) in [6.07, 6.45) is 0. The van der Waals surface area contributed by atoms with Crippen molar-refractivity contribution in [2.24, 2.45) is 0 Å². The highest BCUT2D eigenvalue weighted by Crippen LogP contribution is 2.46. The van der Waals surface area contributed by atoms with Crippen LogP contribution in [0.3, 0.4) is 0 Å². The maximum atomic E-state index is 6.28. The van der Waals surface area contributed by atoms with Gasteiger partial charge in [-0.25, -0.2) is 0 Å². The highest BCUT2D eigenvalue weighted by molar-refractivity contribution is 7.25. The highest BCUT2D eigenvalue weighted by atomic mass is 32.1. The zero-order chi connectivity index (χ0) is 25.8. The van der Waals surface area contributed by atoms with E-state index in [4.69, 9.17) is 4.42 Å². The molecule has 3 heteroatoms. The van der Waals surface area contributed by atoms with Crippen molar-refractivity contribution >= 4 is 70.5 Å². The summed E-state index contributed by atoms with van der Waals surface area (Å²) >= 11 is 1.85. The lowest BCUT2D eigenvalue weighted by molar-refractivity contribution is 0.669. The van der Waals surface area contributed by atoms with E-state index < -0.39 is 0 Å². The summed E-state index contributed by atoms with van der Waals surface area (Å²) in [5.74, 6) is 0. The summed E-state index contributed by atoms with van der Waals surface area (Å²) in [6, 6.07) is 49.5. The summed E-state index contributed by atoms with van der Waals surface area (Å²) in [7, 11) is 0. The maximum absolute atomic E-state index is 6.28. The average molecular weight is 518 g/mol. The zero-order valence-corrected chi connectivity index (χ0v) is 21.9. The molecular weight excluding hydrogens is 494 g/mol. The fourth-order valence-corrected chi connectivity index (χ4v) is 6.82. The van der Waals surface area contributed by atoms with E-state index >= 15 is 0 Å². The van der Waals surface area contributed by atoms with Gasteiger partial charge in [0.05, 0.1) is 16.8 Å². The molecule has 2 nitrogen and oxygen atoms in total. The lowest BCUT2D eigenvalue weighted by Crippen LogP contribution is -2.11. The van der Waals surface area contributed by atoms with Crippen LogP contribution in [0.2, 0.25) is 0 Å². The molecule has 0 atom stereocenters. The highest BCUT2D eigenvalue weighted by Gasteiger charge is 2.21. The molecule has 8 aromatic rings. The number of para-hydroxylation sites is 3. The Balaban J connectivity index is 1.41. The van der Waals surface area contributed by atoms with E-state index in [1.165, 1.54) is 31.3 Å². The molecule has 0 aliphatic carbocycles. The quantitative estimate of drug-likeness (QED) is 0.231. The Hall–Kier alpha value is -4.86. The van der Waals surface area contributed by atoms with Crippen LogP contribution in [0.1, 0.15) is 0 Å². The predicted molar refractivity (Wildman–Crippen MR) is 167 cm³/mol. The first-order valence-corrected chi connectivity index (χ1v) is 13.9. The van der Waals surface area contributed by atoms with Gasteiger partial charge in [-0.3, -0.25) is 0 Å². The van der Waals surface area contributed by atoms with Crippen molar-refractivity contribution in [3.63, 3.8) is 0 Å². The minimum Gasteiger partial charge on any atom is -0.456 e. The molecule has 0 saturated carbocycles. The van der Waals surface area contributed by atoms with Crippen LogP contribution in [0.15, 0.2) is 144 Å². The van der Waals surface area contributed by atoms with Crippen LogP contribution in [-0.2, 0) is 0 Å². The van der Waals surface area contributed by atoms with E-state index in [9.17, 15) is 0 Å². The smallest absolute Gasteiger partial charge is 0.137 e. The third kappa shape index (κ3) is 3.55. The first-order valence-electron chi connectivity index (χ1n) is 13.1. The molecule has 0 radical (unpaired) electrons. The summed E-state index contributed by atoms with van der Waals surface area (Å²) in [6.45, 7) is 0. The number of anilines is 3. The Morgan fingerprint density at radius 3 is 2.10 bits per heavy atom. The molecule has 0 bridgehead atoms. The van der Waals surface area contributed by atoms with Gasteiger partial charge in [-0.05, 0) is 60.2 Å². The average Bonchev–Trinajstić information content (AvgIpc) is 3.57. The van der Waals surface area contributed by atoms with Crippen molar-refractivity contribution < 1.29 is 4.42 Å². The second-order valence-electron chi connectivity index (χ2n) is 9.75. The monoisotopic (exact) mass is 517 g/mol. The van der Waals surface area contributed by atoms with E-state index in [-0.39, 0.29) is 0 Å². The number of furan rings is 1. The summed E-state index contributed by atoms with van der Waals surface area (Å²) < 4.78 is 8.92. The van der Waals surface area contributed by atoms with Gasteiger partial charge in [-0.15, -0.1) is 11.3 Å². The molecule has 2 aromatic heterocycles. The number of rotatable bonds is 4. The Morgan fingerprint density at radius 2 is 1.18 bits per heavy atom. The SMILES string of the molecule is c1ccc(N(c2ccccc2-c2ccc3sc4ccccc4c3c2)c2cccc3oc4ccccc4c23)cc1. The van der Waals surface area contributed by atoms with Gasteiger partial charge >= 0.3 is 0 Å². The molecule has 184 valence electrons. The van der Waals surface area contributed by atoms with E-state index in [1.807, 2.05) is 23.5 Å². The van der Waals surface area contributed by atoms with Crippen molar-refractivity contribution in [3.8, 4) is 11.1 Å². The molecule has 0 N–H and O–H groups in total. The molecule has 0 spiro atoms. The van der Waals surface area contributed by atoms with Crippen molar-refractivity contribution in [2.75, 3.05) is 4.90 Å². The number of hydrogen-bond donors (Lipinski definition) is 0. The van der Waals surface area contributed by atoms with Gasteiger partial charge in [0.15, 0.2) is 0 Å². The van der Waals surface area contributed by atoms with Crippen LogP contribution in [-0.4, -0.2) is 0 Å². The Kier molecular flexibility index (Phi) is 5.04. The first-order chi connectivity index (χ1) is 19.3. The van der Waals surface area contributed by atoms with Crippen LogP contribution in [0.5, 0.6) is 0 Å². The Bertz CT molecular complexity index is 2140. The minimum absolute atomic E-state index is 0.887. The van der Waals surface area contributed by atoms with E-state index in [0.29, 0.717) is 0 Å². The second-order valence-corrected chi connectivity index (χ2v) is 10.8. The molecule has 0 aliphatic rings. The molecule has 0 fully saturated rings. The van der Waals surface area contributed by atoms with Crippen LogP contribution < -0.4 is 4.90 Å². The molecule has 0 saturated heterocycles. The number of benzene rings is 6. The van der Waals surface area contributed by atoms with Crippen molar-refractivity contribution in [3.05, 3.63) is 140 Å². The number of fused-ring (bicyclic) bond motifs is 6. The normalized spacial score (nSPS) is 11.6. The van der Waals surface area contributed by atoms with Gasteiger partial charge in [0.25, 0.3) is 0 Å². The lowest BCUT2D eigenvalue weighted by Gasteiger charge is -2.28. The van der Waals surface area contributed by atoms with Crippen molar-refractivity contribution in [1.82, 2.24) is 0 Å². The largest absolute Gasteiger partial charge is 0.456 e. The van der Waals surface area contributed by atoms with Gasteiger partial charge in [-0.2, -0.15) is 0 Å². The summed E-state index contributed by atoms with van der Waals surface area (Å²) in [5.41, 5.74) is 7.49. The first kappa shape index (κ1) is 22.2. The minimum atomic E-state index is 0.887. The lowest BCUT2D eigenvalue weighted by atomic mass is 9.99. The van der Waals surface area contributed by atoms with Crippen molar-refractivity contribution in [2.45, 2.75) is 0 Å². The predicted octanol–water partition coefficient (Wildman–Crippen LogP) is 11.1. The van der Waals surface area contributed by atoms with Crippen molar-refractivity contribution in [1.29, 1.82) is 0 Å². The Morgan fingerprint density at radius 1 is 0.487 bits per heavy atom. The van der Waals surface area contributed by atoms with Gasteiger partial charge in [0.2, 0.25) is 0 Å². The third-order valence-corrected chi connectivity index (χ3v) is 8.62. The number of hydrogen-bond acceptors (Lipinski definition) is 3. The molecule has 2 heterocycles. The van der Waals surface area contributed by atoms with Crippen LogP contribution in [0.25, 0.3) is 53.2 Å². The van der Waals surface area contributed by atoms with Gasteiger partial charge in [-0.1, -0.05) is 84.9 Å². The number of thiophene rings is 1. The van der Waals surface area contributed by atoms with E-state index in [0.717, 1.165) is 39.0 Å². The van der Waals surface area contributed by atoms with Gasteiger partial charge in [0.1, 0.15) is 11.2 Å². The van der Waals surface area contributed by atoms with Gasteiger partial charge in [0, 0.05) is 36.8 Å². The zero-order valence-electron chi connectivity index (χ0n) is 21.0. The molecule has 8 rings (SSSR count). The van der Waals surface area contributed by atoms with Crippen LogP contribution in [0, 0.1) is 0 Å². The summed E-state index contributed by atoms with van der Waals surface area (Å²) in [4.78, 5) is 2.37. The van der Waals surface area contributed by atoms with Crippen LogP contribution >= 0.6 is 11.3 Å². The maximum Gasteiger partial charge on any atom is 0.137 e. The Labute approximate surface area is 230 Å². The fourth-order valence-electron chi connectivity index (χ4n) is 5.73. The molecular formula is C36H23NOS. The fraction of sp³-hybridized carbons (Fsp3) is 0. The number of nitrogens with zero attached hydrogens (tertiary/aromatic N) is 1. The third-order valence-electron chi connectivity index (χ3n) is 7.47. The van der Waals surface area contributed by atoms with Crippen LogP contribution in [0.4, 0.5) is 17.1 Å². The molecule has 0 amide bonds. The second kappa shape index (κ2) is 8.87. The molecule has 0 unspecified atom stereocenters. The molecule has 39 heavy (non-hydrogen) atoms. The standard InChI is InChI=1S/C36H23NOS/c1-2-11-25(12-3-1)37(31-17-10-19-33-36(31)28-15-5-8-18-32(28)38-33)30-16-7-4-13-26(30)24-21-22-35-29(23-24)27-14-6-9-20-34(27)39-35/h1-23H. The topological polar surface area (TPSA) is 16.4 Å². The molecule has 0 aliphatic heterocycles.